The number of primary amides is 1. The topological polar surface area (TPSA) is 107 Å². The Labute approximate surface area is 156 Å². The van der Waals surface area contributed by atoms with Gasteiger partial charge in [-0.2, -0.15) is 0 Å². The Balaban J connectivity index is 1.77. The summed E-state index contributed by atoms with van der Waals surface area (Å²) in [6.45, 7) is 3.01. The number of carbonyl (C=O) groups is 1. The number of sulfonamides is 1. The van der Waals surface area contributed by atoms with Gasteiger partial charge >= 0.3 is 0 Å². The molecule has 26 heavy (non-hydrogen) atoms. The summed E-state index contributed by atoms with van der Waals surface area (Å²) in [7, 11) is -2.17. The van der Waals surface area contributed by atoms with E-state index in [1.165, 1.54) is 16.8 Å². The largest absolute Gasteiger partial charge is 0.379 e. The monoisotopic (exact) mass is 398 g/mol. The lowest BCUT2D eigenvalue weighted by molar-refractivity contribution is 0.0179. The summed E-state index contributed by atoms with van der Waals surface area (Å²) >= 11 is 1.60. The number of nitrogens with zero attached hydrogens (tertiary/aromatic N) is 2. The average Bonchev–Trinajstić information content (AvgIpc) is 3.26. The number of aryl methyl sites for hydroxylation is 1. The normalized spacial score (nSPS) is 17.3. The minimum atomic E-state index is -3.75. The van der Waals surface area contributed by atoms with Crippen LogP contribution in [-0.2, 0) is 21.8 Å². The van der Waals surface area contributed by atoms with Gasteiger partial charge in [0.1, 0.15) is 10.6 Å². The predicted octanol–water partition coefficient (Wildman–Crippen LogP) is 0.537. The minimum Gasteiger partial charge on any atom is -0.379 e. The van der Waals surface area contributed by atoms with Gasteiger partial charge in [-0.3, -0.25) is 9.69 Å². The number of thiophene rings is 1. The summed E-state index contributed by atoms with van der Waals surface area (Å²) in [6, 6.07) is 5.19. The van der Waals surface area contributed by atoms with Gasteiger partial charge in [0.15, 0.2) is 0 Å². The molecule has 142 valence electrons. The van der Waals surface area contributed by atoms with E-state index < -0.39 is 15.9 Å². The fourth-order valence-corrected chi connectivity index (χ4v) is 4.95. The van der Waals surface area contributed by atoms with Crippen LogP contribution >= 0.6 is 11.3 Å². The number of hydrogen-bond acceptors (Lipinski definition) is 6. The Bertz CT molecular complexity index is 855. The molecule has 2 aromatic heterocycles. The van der Waals surface area contributed by atoms with Crippen LogP contribution in [0.5, 0.6) is 0 Å². The van der Waals surface area contributed by atoms with E-state index in [-0.39, 0.29) is 23.2 Å². The lowest BCUT2D eigenvalue weighted by Crippen LogP contribution is -2.43. The highest BCUT2D eigenvalue weighted by molar-refractivity contribution is 7.89. The number of carbonyl (C=O) groups excluding carboxylic acids is 1. The summed E-state index contributed by atoms with van der Waals surface area (Å²) in [6.07, 6.45) is 1.39. The Morgan fingerprint density at radius 3 is 2.73 bits per heavy atom. The summed E-state index contributed by atoms with van der Waals surface area (Å²) in [4.78, 5) is 14.7. The SMILES string of the molecule is Cn1cc(S(=O)(=O)NCC(c2cccs2)N2CCOCC2)cc1C(N)=O. The van der Waals surface area contributed by atoms with Gasteiger partial charge in [0.2, 0.25) is 10.0 Å². The van der Waals surface area contributed by atoms with Crippen LogP contribution in [-0.4, -0.2) is 56.6 Å². The molecule has 1 aliphatic rings. The third-order valence-corrected chi connectivity index (χ3v) is 6.73. The van der Waals surface area contributed by atoms with Crippen molar-refractivity contribution in [2.75, 3.05) is 32.8 Å². The molecule has 0 bridgehead atoms. The van der Waals surface area contributed by atoms with Gasteiger partial charge in [0.25, 0.3) is 5.91 Å². The van der Waals surface area contributed by atoms with Crippen molar-refractivity contribution < 1.29 is 17.9 Å². The molecule has 8 nitrogen and oxygen atoms in total. The van der Waals surface area contributed by atoms with Crippen molar-refractivity contribution in [1.82, 2.24) is 14.2 Å². The maximum atomic E-state index is 12.7. The third-order valence-electron chi connectivity index (χ3n) is 4.37. The lowest BCUT2D eigenvalue weighted by atomic mass is 10.2. The minimum absolute atomic E-state index is 0.0284. The number of amides is 1. The van der Waals surface area contributed by atoms with Gasteiger partial charge in [-0.25, -0.2) is 13.1 Å². The summed E-state index contributed by atoms with van der Waals surface area (Å²) < 4.78 is 34.8. The maximum absolute atomic E-state index is 12.7. The fourth-order valence-electron chi connectivity index (χ4n) is 2.98. The molecule has 2 aromatic rings. The maximum Gasteiger partial charge on any atom is 0.265 e. The lowest BCUT2D eigenvalue weighted by Gasteiger charge is -2.34. The summed E-state index contributed by atoms with van der Waals surface area (Å²) in [5, 5.41) is 1.98. The number of nitrogens with two attached hydrogens (primary N) is 1. The molecule has 1 saturated heterocycles. The highest BCUT2D eigenvalue weighted by atomic mass is 32.2. The molecule has 1 aliphatic heterocycles. The van der Waals surface area contributed by atoms with Crippen molar-refractivity contribution in [3.05, 3.63) is 40.3 Å². The highest BCUT2D eigenvalue weighted by Crippen LogP contribution is 2.26. The van der Waals surface area contributed by atoms with Crippen LogP contribution in [0.1, 0.15) is 21.4 Å². The Kier molecular flexibility index (Phi) is 5.78. The van der Waals surface area contributed by atoms with Crippen molar-refractivity contribution in [3.63, 3.8) is 0 Å². The number of morpholine rings is 1. The quantitative estimate of drug-likeness (QED) is 0.708. The van der Waals surface area contributed by atoms with E-state index in [1.54, 1.807) is 18.4 Å². The van der Waals surface area contributed by atoms with Crippen molar-refractivity contribution in [1.29, 1.82) is 0 Å². The molecule has 3 heterocycles. The second-order valence-electron chi connectivity index (χ2n) is 6.07. The molecular weight excluding hydrogens is 376 g/mol. The van der Waals surface area contributed by atoms with Crippen LogP contribution < -0.4 is 10.5 Å². The second-order valence-corrected chi connectivity index (χ2v) is 8.81. The smallest absolute Gasteiger partial charge is 0.265 e. The number of rotatable bonds is 7. The van der Waals surface area contributed by atoms with E-state index in [0.29, 0.717) is 13.2 Å². The van der Waals surface area contributed by atoms with E-state index >= 15 is 0 Å². The van der Waals surface area contributed by atoms with Crippen LogP contribution in [0.15, 0.2) is 34.7 Å². The molecule has 0 radical (unpaired) electrons. The third kappa shape index (κ3) is 4.15. The first-order valence-electron chi connectivity index (χ1n) is 8.19. The number of hydrogen-bond donors (Lipinski definition) is 2. The Hall–Kier alpha value is -1.72. The zero-order chi connectivity index (χ0) is 18.7. The van der Waals surface area contributed by atoms with Crippen molar-refractivity contribution in [2.45, 2.75) is 10.9 Å². The average molecular weight is 399 g/mol. The van der Waals surface area contributed by atoms with Gasteiger partial charge in [0, 0.05) is 37.8 Å². The first-order chi connectivity index (χ1) is 12.4. The Morgan fingerprint density at radius 1 is 1.42 bits per heavy atom. The van der Waals surface area contributed by atoms with Crippen LogP contribution in [0.2, 0.25) is 0 Å². The van der Waals surface area contributed by atoms with E-state index in [4.69, 9.17) is 10.5 Å². The van der Waals surface area contributed by atoms with Gasteiger partial charge in [0.05, 0.1) is 19.3 Å². The number of aromatic nitrogens is 1. The molecule has 0 aromatic carbocycles. The first-order valence-corrected chi connectivity index (χ1v) is 10.6. The van der Waals surface area contributed by atoms with Gasteiger partial charge in [-0.15, -0.1) is 11.3 Å². The molecule has 0 aliphatic carbocycles. The molecule has 1 amide bonds. The van der Waals surface area contributed by atoms with E-state index in [1.807, 2.05) is 17.5 Å². The molecule has 0 saturated carbocycles. The van der Waals surface area contributed by atoms with Crippen LogP contribution in [0.3, 0.4) is 0 Å². The zero-order valence-corrected chi connectivity index (χ0v) is 16.1. The standard InChI is InChI=1S/C16H22N4O4S2/c1-19-11-12(9-13(19)16(17)21)26(22,23)18-10-14(15-3-2-8-25-15)20-4-6-24-7-5-20/h2-3,8-9,11,14,18H,4-7,10H2,1H3,(H2,17,21). The number of ether oxygens (including phenoxy) is 1. The predicted molar refractivity (Wildman–Crippen MR) is 98.6 cm³/mol. The van der Waals surface area contributed by atoms with Crippen LogP contribution in [0, 0.1) is 0 Å². The van der Waals surface area contributed by atoms with Crippen LogP contribution in [0.4, 0.5) is 0 Å². The molecule has 1 unspecified atom stereocenters. The first kappa shape index (κ1) is 19.1. The van der Waals surface area contributed by atoms with E-state index in [2.05, 4.69) is 9.62 Å². The van der Waals surface area contributed by atoms with E-state index in [0.717, 1.165) is 18.0 Å². The number of nitrogens with one attached hydrogen (secondary N) is 1. The van der Waals surface area contributed by atoms with Gasteiger partial charge in [-0.05, 0) is 17.5 Å². The summed E-state index contributed by atoms with van der Waals surface area (Å²) in [5.74, 6) is -0.668. The highest BCUT2D eigenvalue weighted by Gasteiger charge is 2.26. The zero-order valence-electron chi connectivity index (χ0n) is 14.4. The molecule has 3 N–H and O–H groups in total. The van der Waals surface area contributed by atoms with Crippen molar-refractivity contribution in [3.8, 4) is 0 Å². The van der Waals surface area contributed by atoms with Gasteiger partial charge in [-0.1, -0.05) is 6.07 Å². The second kappa shape index (κ2) is 7.89. The van der Waals surface area contributed by atoms with E-state index in [9.17, 15) is 13.2 Å². The fraction of sp³-hybridized carbons (Fsp3) is 0.438. The molecule has 3 rings (SSSR count). The van der Waals surface area contributed by atoms with Crippen molar-refractivity contribution in [2.24, 2.45) is 12.8 Å². The molecular formula is C16H22N4O4S2. The van der Waals surface area contributed by atoms with Gasteiger partial charge < -0.3 is 15.0 Å². The van der Waals surface area contributed by atoms with Crippen molar-refractivity contribution >= 4 is 27.3 Å². The Morgan fingerprint density at radius 2 is 2.15 bits per heavy atom. The molecule has 1 fully saturated rings. The molecule has 10 heteroatoms. The molecule has 0 spiro atoms. The van der Waals surface area contributed by atoms with Crippen LogP contribution in [0.25, 0.3) is 0 Å². The summed E-state index contributed by atoms with van der Waals surface area (Å²) in [5.41, 5.74) is 5.41. The molecule has 1 atom stereocenters.